The highest BCUT2D eigenvalue weighted by Gasteiger charge is 2.15. The van der Waals surface area contributed by atoms with Crippen molar-refractivity contribution in [3.05, 3.63) is 47.2 Å². The molecule has 3 aromatic rings. The molecule has 0 aliphatic carbocycles. The Balaban J connectivity index is 1.63. The number of para-hydroxylation sites is 1. The Bertz CT molecular complexity index is 884. The first kappa shape index (κ1) is 15.1. The molecule has 1 aromatic carbocycles. The average molecular weight is 322 g/mol. The van der Waals surface area contributed by atoms with Gasteiger partial charge in [0.25, 0.3) is 0 Å². The van der Waals surface area contributed by atoms with Crippen LogP contribution in [0, 0.1) is 13.8 Å². The average Bonchev–Trinajstić information content (AvgIpc) is 2.80. The SMILES string of the molecule is Cc1cc(C)c2cccc(OCc3nnc4n3CCCCC4)c2n1. The highest BCUT2D eigenvalue weighted by molar-refractivity contribution is 5.87. The Morgan fingerprint density at radius 2 is 2.04 bits per heavy atom. The highest BCUT2D eigenvalue weighted by atomic mass is 16.5. The standard InChI is InChI=1S/C19H22N4O/c1-13-11-14(2)20-19-15(13)7-6-8-16(19)24-12-18-22-21-17-9-4-3-5-10-23(17)18/h6-8,11H,3-5,9-10,12H2,1-2H3. The number of rotatable bonds is 3. The van der Waals surface area contributed by atoms with Crippen LogP contribution in [-0.4, -0.2) is 19.7 Å². The fourth-order valence-corrected chi connectivity index (χ4v) is 3.47. The van der Waals surface area contributed by atoms with Crippen molar-refractivity contribution in [3.63, 3.8) is 0 Å². The molecule has 24 heavy (non-hydrogen) atoms. The summed E-state index contributed by atoms with van der Waals surface area (Å²) >= 11 is 0. The number of fused-ring (bicyclic) bond motifs is 2. The molecule has 5 heteroatoms. The summed E-state index contributed by atoms with van der Waals surface area (Å²) < 4.78 is 8.32. The largest absolute Gasteiger partial charge is 0.483 e. The summed E-state index contributed by atoms with van der Waals surface area (Å²) in [7, 11) is 0. The molecule has 4 rings (SSSR count). The molecule has 0 atom stereocenters. The van der Waals surface area contributed by atoms with Crippen molar-refractivity contribution in [3.8, 4) is 5.75 Å². The van der Waals surface area contributed by atoms with E-state index >= 15 is 0 Å². The summed E-state index contributed by atoms with van der Waals surface area (Å²) in [5, 5.41) is 9.81. The summed E-state index contributed by atoms with van der Waals surface area (Å²) in [6.45, 7) is 5.55. The van der Waals surface area contributed by atoms with Crippen molar-refractivity contribution in [1.82, 2.24) is 19.7 Å². The molecule has 5 nitrogen and oxygen atoms in total. The number of hydrogen-bond acceptors (Lipinski definition) is 4. The third-order valence-corrected chi connectivity index (χ3v) is 4.68. The van der Waals surface area contributed by atoms with Gasteiger partial charge in [0.05, 0.1) is 0 Å². The van der Waals surface area contributed by atoms with Gasteiger partial charge in [-0.05, 0) is 44.4 Å². The molecular weight excluding hydrogens is 300 g/mol. The van der Waals surface area contributed by atoms with Crippen molar-refractivity contribution in [1.29, 1.82) is 0 Å². The maximum absolute atomic E-state index is 6.09. The zero-order valence-electron chi connectivity index (χ0n) is 14.2. The third kappa shape index (κ3) is 2.75. The maximum Gasteiger partial charge on any atom is 0.171 e. The summed E-state index contributed by atoms with van der Waals surface area (Å²) in [6, 6.07) is 8.19. The highest BCUT2D eigenvalue weighted by Crippen LogP contribution is 2.27. The molecular formula is C19H22N4O. The normalized spacial score (nSPS) is 14.4. The predicted octanol–water partition coefficient (Wildman–Crippen LogP) is 3.75. The second kappa shape index (κ2) is 6.23. The summed E-state index contributed by atoms with van der Waals surface area (Å²) in [5.74, 6) is 2.81. The van der Waals surface area contributed by atoms with E-state index in [0.29, 0.717) is 6.61 Å². The van der Waals surface area contributed by atoms with Gasteiger partial charge in [0.2, 0.25) is 0 Å². The molecule has 1 aliphatic rings. The van der Waals surface area contributed by atoms with E-state index in [9.17, 15) is 0 Å². The maximum atomic E-state index is 6.09. The van der Waals surface area contributed by atoms with E-state index in [1.165, 1.54) is 24.8 Å². The van der Waals surface area contributed by atoms with Gasteiger partial charge in [0.1, 0.15) is 23.7 Å². The van der Waals surface area contributed by atoms with Gasteiger partial charge in [-0.1, -0.05) is 18.6 Å². The van der Waals surface area contributed by atoms with Crippen molar-refractivity contribution in [2.45, 2.75) is 52.7 Å². The number of hydrogen-bond donors (Lipinski definition) is 0. The third-order valence-electron chi connectivity index (χ3n) is 4.68. The summed E-state index contributed by atoms with van der Waals surface area (Å²) in [5.41, 5.74) is 3.15. The Labute approximate surface area is 141 Å². The van der Waals surface area contributed by atoms with Crippen LogP contribution in [0.4, 0.5) is 0 Å². The number of aryl methyl sites for hydroxylation is 3. The summed E-state index contributed by atoms with van der Waals surface area (Å²) in [4.78, 5) is 4.67. The molecule has 0 unspecified atom stereocenters. The zero-order chi connectivity index (χ0) is 16.5. The first-order chi connectivity index (χ1) is 11.7. The van der Waals surface area contributed by atoms with Crippen LogP contribution < -0.4 is 4.74 Å². The van der Waals surface area contributed by atoms with Crippen LogP contribution in [0.15, 0.2) is 24.3 Å². The van der Waals surface area contributed by atoms with Crippen molar-refractivity contribution < 1.29 is 4.74 Å². The van der Waals surface area contributed by atoms with Crippen LogP contribution in [0.3, 0.4) is 0 Å². The van der Waals surface area contributed by atoms with Crippen LogP contribution in [-0.2, 0) is 19.6 Å². The lowest BCUT2D eigenvalue weighted by atomic mass is 10.1. The molecule has 0 radical (unpaired) electrons. The van der Waals surface area contributed by atoms with Crippen LogP contribution in [0.5, 0.6) is 5.75 Å². The molecule has 1 aliphatic heterocycles. The van der Waals surface area contributed by atoms with E-state index in [-0.39, 0.29) is 0 Å². The van der Waals surface area contributed by atoms with E-state index in [1.807, 2.05) is 19.1 Å². The van der Waals surface area contributed by atoms with Crippen molar-refractivity contribution in [2.24, 2.45) is 0 Å². The van der Waals surface area contributed by atoms with Gasteiger partial charge >= 0.3 is 0 Å². The molecule has 2 aromatic heterocycles. The zero-order valence-corrected chi connectivity index (χ0v) is 14.2. The quantitative estimate of drug-likeness (QED) is 0.737. The Morgan fingerprint density at radius 3 is 2.96 bits per heavy atom. The number of pyridine rings is 1. The Kier molecular flexibility index (Phi) is 3.92. The van der Waals surface area contributed by atoms with Gasteiger partial charge in [-0.3, -0.25) is 0 Å². The van der Waals surface area contributed by atoms with Gasteiger partial charge < -0.3 is 9.30 Å². The Hall–Kier alpha value is -2.43. The second-order valence-corrected chi connectivity index (χ2v) is 6.52. The number of benzene rings is 1. The van der Waals surface area contributed by atoms with Gasteiger partial charge in [-0.15, -0.1) is 10.2 Å². The molecule has 0 amide bonds. The van der Waals surface area contributed by atoms with Crippen LogP contribution >= 0.6 is 0 Å². The molecule has 0 spiro atoms. The van der Waals surface area contributed by atoms with E-state index in [2.05, 4.69) is 38.8 Å². The molecule has 0 fully saturated rings. The number of nitrogens with zero attached hydrogens (tertiary/aromatic N) is 4. The van der Waals surface area contributed by atoms with Crippen molar-refractivity contribution in [2.75, 3.05) is 0 Å². The van der Waals surface area contributed by atoms with E-state index in [0.717, 1.165) is 47.0 Å². The second-order valence-electron chi connectivity index (χ2n) is 6.52. The fraction of sp³-hybridized carbons (Fsp3) is 0.421. The molecule has 124 valence electrons. The Morgan fingerprint density at radius 1 is 1.12 bits per heavy atom. The van der Waals surface area contributed by atoms with E-state index in [4.69, 9.17) is 4.74 Å². The molecule has 0 saturated carbocycles. The van der Waals surface area contributed by atoms with E-state index in [1.54, 1.807) is 0 Å². The first-order valence-electron chi connectivity index (χ1n) is 8.63. The molecule has 3 heterocycles. The van der Waals surface area contributed by atoms with Crippen molar-refractivity contribution >= 4 is 10.9 Å². The first-order valence-corrected chi connectivity index (χ1v) is 8.63. The minimum absolute atomic E-state index is 0.431. The molecule has 0 saturated heterocycles. The van der Waals surface area contributed by atoms with E-state index < -0.39 is 0 Å². The lowest BCUT2D eigenvalue weighted by Gasteiger charge is -2.11. The smallest absolute Gasteiger partial charge is 0.171 e. The topological polar surface area (TPSA) is 52.8 Å². The van der Waals surface area contributed by atoms with Gasteiger partial charge in [-0.2, -0.15) is 0 Å². The minimum Gasteiger partial charge on any atom is -0.483 e. The lowest BCUT2D eigenvalue weighted by molar-refractivity contribution is 0.291. The monoisotopic (exact) mass is 322 g/mol. The van der Waals surface area contributed by atoms with Crippen LogP contribution in [0.1, 0.15) is 42.2 Å². The predicted molar refractivity (Wildman–Crippen MR) is 93.1 cm³/mol. The number of ether oxygens (including phenoxy) is 1. The number of aromatic nitrogens is 4. The molecule has 0 N–H and O–H groups in total. The minimum atomic E-state index is 0.431. The molecule has 0 bridgehead atoms. The fourth-order valence-electron chi connectivity index (χ4n) is 3.47. The van der Waals surface area contributed by atoms with Gasteiger partial charge in [0, 0.05) is 24.0 Å². The lowest BCUT2D eigenvalue weighted by Crippen LogP contribution is -2.09. The van der Waals surface area contributed by atoms with Gasteiger partial charge in [0.15, 0.2) is 5.82 Å². The summed E-state index contributed by atoms with van der Waals surface area (Å²) in [6.07, 6.45) is 4.66. The van der Waals surface area contributed by atoms with Crippen LogP contribution in [0.2, 0.25) is 0 Å². The van der Waals surface area contributed by atoms with Gasteiger partial charge in [-0.25, -0.2) is 4.98 Å². The van der Waals surface area contributed by atoms with Crippen LogP contribution in [0.25, 0.3) is 10.9 Å².